The lowest BCUT2D eigenvalue weighted by Crippen LogP contribution is -1.87. The predicted octanol–water partition coefficient (Wildman–Crippen LogP) is 4.45. The number of hydrogen-bond acceptors (Lipinski definition) is 2. The van der Waals surface area contributed by atoms with Crippen LogP contribution in [0, 0.1) is 0 Å². The van der Waals surface area contributed by atoms with Gasteiger partial charge in [0.2, 0.25) is 5.88 Å². The van der Waals surface area contributed by atoms with Crippen molar-refractivity contribution in [1.29, 1.82) is 0 Å². The molecule has 0 radical (unpaired) electrons. The van der Waals surface area contributed by atoms with Crippen LogP contribution in [-0.4, -0.2) is 13.3 Å². The quantitative estimate of drug-likeness (QED) is 0.377. The Balaban J connectivity index is 0. The lowest BCUT2D eigenvalue weighted by atomic mass is 10.1. The van der Waals surface area contributed by atoms with Crippen molar-refractivity contribution in [3.05, 3.63) is 61.1 Å². The van der Waals surface area contributed by atoms with Crippen molar-refractivity contribution >= 4 is 6.21 Å². The van der Waals surface area contributed by atoms with Gasteiger partial charge >= 0.3 is 0 Å². The number of methoxy groups -OCH3 is 1. The first-order chi connectivity index (χ1) is 7.97. The average Bonchev–Trinajstić information content (AvgIpc) is 2.34. The Hall–Kier alpha value is -1.83. The smallest absolute Gasteiger partial charge is 0.205 e. The van der Waals surface area contributed by atoms with E-state index in [1.165, 1.54) is 7.11 Å². The van der Waals surface area contributed by atoms with Gasteiger partial charge in [-0.2, -0.15) is 0 Å². The third kappa shape index (κ3) is 10.5. The maximum absolute atomic E-state index is 4.78. The van der Waals surface area contributed by atoms with E-state index in [1.807, 2.05) is 32.9 Å². The summed E-state index contributed by atoms with van der Waals surface area (Å²) in [4.78, 5) is 3.93. The molecular formula is C15H23NO. The molecule has 0 heterocycles. The van der Waals surface area contributed by atoms with Crippen molar-refractivity contribution in [2.24, 2.45) is 4.99 Å². The van der Waals surface area contributed by atoms with E-state index in [1.54, 1.807) is 6.21 Å². The molecule has 94 valence electrons. The van der Waals surface area contributed by atoms with Crippen LogP contribution in [-0.2, 0) is 4.74 Å². The van der Waals surface area contributed by atoms with E-state index < -0.39 is 0 Å². The summed E-state index contributed by atoms with van der Waals surface area (Å²) in [5.41, 5.74) is 2.46. The van der Waals surface area contributed by atoms with Crippen molar-refractivity contribution in [2.45, 2.75) is 20.8 Å². The van der Waals surface area contributed by atoms with Gasteiger partial charge in [-0.15, -0.1) is 0 Å². The molecule has 0 saturated heterocycles. The van der Waals surface area contributed by atoms with Gasteiger partial charge in [-0.3, -0.25) is 0 Å². The third-order valence-corrected chi connectivity index (χ3v) is 1.58. The number of ether oxygens (including phenoxy) is 1. The first kappa shape index (κ1) is 17.6. The molecule has 0 bridgehead atoms. The molecule has 0 aliphatic carbocycles. The number of rotatable bonds is 6. The van der Waals surface area contributed by atoms with Gasteiger partial charge in [0.1, 0.15) is 0 Å². The second-order valence-electron chi connectivity index (χ2n) is 3.09. The Morgan fingerprint density at radius 1 is 1.00 bits per heavy atom. The fourth-order valence-corrected chi connectivity index (χ4v) is 0.635. The molecular weight excluding hydrogens is 210 g/mol. The highest BCUT2D eigenvalue weighted by Crippen LogP contribution is 2.06. The monoisotopic (exact) mass is 233 g/mol. The first-order valence-electron chi connectivity index (χ1n) is 5.46. The second-order valence-corrected chi connectivity index (χ2v) is 3.09. The van der Waals surface area contributed by atoms with Gasteiger partial charge in [0.15, 0.2) is 0 Å². The van der Waals surface area contributed by atoms with Crippen molar-refractivity contribution in [3.63, 3.8) is 0 Å². The molecule has 17 heavy (non-hydrogen) atoms. The predicted molar refractivity (Wildman–Crippen MR) is 78.2 cm³/mol. The number of nitrogens with zero attached hydrogens (tertiary/aromatic N) is 1. The van der Waals surface area contributed by atoms with Crippen LogP contribution in [0.25, 0.3) is 0 Å². The zero-order valence-corrected chi connectivity index (χ0v) is 11.4. The molecule has 0 fully saturated rings. The summed E-state index contributed by atoms with van der Waals surface area (Å²) in [5.74, 6) is 0.341. The molecule has 0 aromatic rings. The van der Waals surface area contributed by atoms with Crippen LogP contribution in [0.4, 0.5) is 0 Å². The van der Waals surface area contributed by atoms with Crippen molar-refractivity contribution in [1.82, 2.24) is 0 Å². The van der Waals surface area contributed by atoms with Crippen molar-refractivity contribution in [2.75, 3.05) is 7.11 Å². The van der Waals surface area contributed by atoms with Crippen molar-refractivity contribution in [3.8, 4) is 0 Å². The van der Waals surface area contributed by atoms with Crippen molar-refractivity contribution < 1.29 is 4.74 Å². The van der Waals surface area contributed by atoms with Crippen LogP contribution in [0.1, 0.15) is 20.8 Å². The summed E-state index contributed by atoms with van der Waals surface area (Å²) in [7, 11) is 1.51. The maximum atomic E-state index is 4.78. The lowest BCUT2D eigenvalue weighted by Gasteiger charge is -1.99. The summed E-state index contributed by atoms with van der Waals surface area (Å²) in [6, 6.07) is 0. The van der Waals surface area contributed by atoms with E-state index in [9.17, 15) is 0 Å². The molecule has 2 heteroatoms. The average molecular weight is 233 g/mol. The molecule has 0 saturated carbocycles. The molecule has 0 rings (SSSR count). The zero-order valence-electron chi connectivity index (χ0n) is 11.4. The molecule has 0 aliphatic heterocycles. The Bertz CT molecular complexity index is 346. The fraction of sp³-hybridized carbons (Fsp3) is 0.267. The Kier molecular flexibility index (Phi) is 11.0. The molecule has 0 aliphatic rings. The van der Waals surface area contributed by atoms with Crippen LogP contribution in [0.15, 0.2) is 66.1 Å². The van der Waals surface area contributed by atoms with Gasteiger partial charge < -0.3 is 4.74 Å². The van der Waals surface area contributed by atoms with Gasteiger partial charge in [0, 0.05) is 6.21 Å². The third-order valence-electron chi connectivity index (χ3n) is 1.58. The van der Waals surface area contributed by atoms with E-state index in [2.05, 4.69) is 31.3 Å². The molecule has 2 nitrogen and oxygen atoms in total. The van der Waals surface area contributed by atoms with Gasteiger partial charge in [-0.05, 0) is 24.6 Å². The highest BCUT2D eigenvalue weighted by atomic mass is 16.5. The molecule has 0 atom stereocenters. The van der Waals surface area contributed by atoms with Crippen LogP contribution >= 0.6 is 0 Å². The van der Waals surface area contributed by atoms with Gasteiger partial charge in [-0.1, -0.05) is 51.3 Å². The molecule has 0 amide bonds. The summed E-state index contributed by atoms with van der Waals surface area (Å²) in [5, 5.41) is 0. The molecule has 0 aromatic carbocycles. The zero-order chi connectivity index (χ0) is 13.8. The topological polar surface area (TPSA) is 21.6 Å². The molecule has 0 unspecified atom stereocenters. The summed E-state index contributed by atoms with van der Waals surface area (Å²) in [6.07, 6.45) is 5.27. The van der Waals surface area contributed by atoms with Gasteiger partial charge in [0.25, 0.3) is 0 Å². The molecule has 0 aromatic heterocycles. The van der Waals surface area contributed by atoms with E-state index in [4.69, 9.17) is 4.74 Å². The highest BCUT2D eigenvalue weighted by molar-refractivity contribution is 5.85. The summed E-state index contributed by atoms with van der Waals surface area (Å²) >= 11 is 0. The standard InChI is InChI=1S/C13H17NO.C2H6/c1-10(2)7-8-11(3)12(4)9-14-13(5)15-6;1-2/h7-9H,1,3-5H2,2,6H3;1-2H3/b8-7-,14-9-;. The largest absolute Gasteiger partial charge is 0.481 e. The molecule has 0 spiro atoms. The Morgan fingerprint density at radius 2 is 1.53 bits per heavy atom. The second kappa shape index (κ2) is 10.7. The highest BCUT2D eigenvalue weighted by Gasteiger charge is 1.92. The minimum absolute atomic E-state index is 0.341. The van der Waals surface area contributed by atoms with Crippen LogP contribution in [0.5, 0.6) is 0 Å². The van der Waals surface area contributed by atoms with E-state index in [-0.39, 0.29) is 0 Å². The summed E-state index contributed by atoms with van der Waals surface area (Å²) < 4.78 is 4.78. The van der Waals surface area contributed by atoms with Crippen LogP contribution in [0.2, 0.25) is 0 Å². The minimum atomic E-state index is 0.341. The number of allylic oxidation sites excluding steroid dienone is 5. The SMILES string of the molecule is C=C(C)/C=C\C(=C)C(=C)/C=N\C(=C)OC.CC. The van der Waals surface area contributed by atoms with Gasteiger partial charge in [-0.25, -0.2) is 4.99 Å². The van der Waals surface area contributed by atoms with E-state index >= 15 is 0 Å². The maximum Gasteiger partial charge on any atom is 0.205 e. The lowest BCUT2D eigenvalue weighted by molar-refractivity contribution is 0.291. The van der Waals surface area contributed by atoms with E-state index in [0.29, 0.717) is 11.5 Å². The number of aliphatic imine (C=N–C) groups is 1. The normalized spacial score (nSPS) is 9.65. The minimum Gasteiger partial charge on any atom is -0.481 e. The van der Waals surface area contributed by atoms with Crippen LogP contribution in [0.3, 0.4) is 0 Å². The summed E-state index contributed by atoms with van der Waals surface area (Å²) in [6.45, 7) is 20.9. The molecule has 0 N–H and O–H groups in total. The van der Waals surface area contributed by atoms with Crippen LogP contribution < -0.4 is 0 Å². The van der Waals surface area contributed by atoms with Gasteiger partial charge in [0.05, 0.1) is 7.11 Å². The Morgan fingerprint density at radius 3 is 1.94 bits per heavy atom. The van der Waals surface area contributed by atoms with E-state index in [0.717, 1.165) is 11.1 Å². The number of hydrogen-bond donors (Lipinski definition) is 0. The first-order valence-corrected chi connectivity index (χ1v) is 5.46. The fourth-order valence-electron chi connectivity index (χ4n) is 0.635. The Labute approximate surface area is 105 Å².